The summed E-state index contributed by atoms with van der Waals surface area (Å²) in [6.45, 7) is 5.71. The van der Waals surface area contributed by atoms with E-state index in [9.17, 15) is 20.0 Å². The number of pyridine rings is 3. The number of hydrogen-bond donors (Lipinski definition) is 1. The van der Waals surface area contributed by atoms with Gasteiger partial charge in [-0.3, -0.25) is 9.78 Å². The summed E-state index contributed by atoms with van der Waals surface area (Å²) in [6.07, 6.45) is 2.70. The van der Waals surface area contributed by atoms with Crippen LogP contribution in [0.2, 0.25) is 5.02 Å². The monoisotopic (exact) mass is 585 g/mol. The normalized spacial score (nSPS) is 12.9. The average molecular weight is 586 g/mol. The molecule has 4 aromatic heterocycles. The number of benzene rings is 1. The number of fused-ring (bicyclic) bond motifs is 2. The molecule has 6 rings (SSSR count). The summed E-state index contributed by atoms with van der Waals surface area (Å²) in [5, 5.41) is 22.7. The van der Waals surface area contributed by atoms with Gasteiger partial charge in [-0.1, -0.05) is 11.6 Å². The zero-order chi connectivity index (χ0) is 28.8. The van der Waals surface area contributed by atoms with Crippen LogP contribution in [0.3, 0.4) is 0 Å². The Hall–Kier alpha value is -4.46. The van der Waals surface area contributed by atoms with Crippen molar-refractivity contribution < 1.29 is 14.6 Å². The molecule has 1 saturated heterocycles. The number of aryl methyl sites for hydroxylation is 2. The Bertz CT molecular complexity index is 1970. The number of halogens is 1. The van der Waals surface area contributed by atoms with E-state index in [2.05, 4.69) is 16.0 Å². The van der Waals surface area contributed by atoms with Crippen molar-refractivity contribution in [2.75, 3.05) is 24.6 Å². The molecule has 9 nitrogen and oxygen atoms in total. The minimum atomic E-state index is -1.04. The van der Waals surface area contributed by atoms with Crippen LogP contribution in [-0.2, 0) is 6.54 Å². The molecular formula is C30H24ClN5O4S. The first-order valence-corrected chi connectivity index (χ1v) is 14.3. The zero-order valence-electron chi connectivity index (χ0n) is 22.3. The quantitative estimate of drug-likeness (QED) is 0.254. The molecule has 0 unspecified atom stereocenters. The van der Waals surface area contributed by atoms with Crippen LogP contribution in [0.1, 0.15) is 33.7 Å². The highest BCUT2D eigenvalue weighted by Gasteiger charge is 2.23. The first-order chi connectivity index (χ1) is 19.8. The van der Waals surface area contributed by atoms with Gasteiger partial charge in [0.15, 0.2) is 0 Å². The highest BCUT2D eigenvalue weighted by atomic mass is 35.5. The molecule has 1 N–H and O–H groups in total. The standard InChI is InChI=1S/C30H24ClN5O4S/c1-16-10-21(27-26(34-16)23(15-41-27)30(38)39)20-12-19(31)4-5-24(20)40-9-8-36-17(2)11-18-14-33-28(35-6-3-7-35)22(13-32)25(18)29(36)37/h4-5,10-12,14-15H,3,6-9H2,1-2H3,(H,38,39). The third-order valence-corrected chi connectivity index (χ3v) is 8.53. The molecule has 5 aromatic rings. The maximum Gasteiger partial charge on any atom is 0.338 e. The van der Waals surface area contributed by atoms with Gasteiger partial charge in [-0.05, 0) is 50.6 Å². The summed E-state index contributed by atoms with van der Waals surface area (Å²) >= 11 is 7.68. The van der Waals surface area contributed by atoms with Gasteiger partial charge in [-0.25, -0.2) is 9.78 Å². The number of rotatable bonds is 7. The minimum Gasteiger partial charge on any atom is -0.491 e. The van der Waals surface area contributed by atoms with Crippen LogP contribution in [0.5, 0.6) is 5.75 Å². The van der Waals surface area contributed by atoms with Crippen molar-refractivity contribution in [1.29, 1.82) is 5.26 Å². The molecule has 1 aliphatic rings. The van der Waals surface area contributed by atoms with E-state index in [1.54, 1.807) is 34.3 Å². The smallest absolute Gasteiger partial charge is 0.338 e. The van der Waals surface area contributed by atoms with E-state index in [-0.39, 0.29) is 24.3 Å². The fourth-order valence-electron chi connectivity index (χ4n) is 5.18. The van der Waals surface area contributed by atoms with Gasteiger partial charge in [0.25, 0.3) is 5.56 Å². The predicted molar refractivity (Wildman–Crippen MR) is 160 cm³/mol. The minimum absolute atomic E-state index is 0.148. The lowest BCUT2D eigenvalue weighted by Crippen LogP contribution is -2.38. The summed E-state index contributed by atoms with van der Waals surface area (Å²) in [6, 6.07) is 11.2. The molecule has 0 amide bonds. The lowest BCUT2D eigenvalue weighted by Gasteiger charge is -2.32. The van der Waals surface area contributed by atoms with Crippen molar-refractivity contribution in [2.45, 2.75) is 26.8 Å². The number of anilines is 1. The summed E-state index contributed by atoms with van der Waals surface area (Å²) in [5.41, 5.74) is 3.48. The molecule has 5 heterocycles. The Morgan fingerprint density at radius 3 is 2.73 bits per heavy atom. The predicted octanol–water partition coefficient (Wildman–Crippen LogP) is 5.80. The van der Waals surface area contributed by atoms with E-state index in [1.807, 2.05) is 30.9 Å². The number of ether oxygens (including phenoxy) is 1. The van der Waals surface area contributed by atoms with Crippen LogP contribution in [0.4, 0.5) is 5.82 Å². The Balaban J connectivity index is 1.35. The maximum absolute atomic E-state index is 13.7. The van der Waals surface area contributed by atoms with E-state index < -0.39 is 5.97 Å². The largest absolute Gasteiger partial charge is 0.491 e. The third kappa shape index (κ3) is 4.67. The molecular weight excluding hydrogens is 562 g/mol. The summed E-state index contributed by atoms with van der Waals surface area (Å²) in [5.74, 6) is 0.0610. The van der Waals surface area contributed by atoms with Gasteiger partial charge in [-0.15, -0.1) is 11.3 Å². The number of hydrogen-bond acceptors (Lipinski definition) is 8. The third-order valence-electron chi connectivity index (χ3n) is 7.29. The Morgan fingerprint density at radius 1 is 1.22 bits per heavy atom. The maximum atomic E-state index is 13.7. The lowest BCUT2D eigenvalue weighted by molar-refractivity contribution is 0.0699. The summed E-state index contributed by atoms with van der Waals surface area (Å²) < 4.78 is 8.56. The van der Waals surface area contributed by atoms with Crippen molar-refractivity contribution in [3.05, 3.63) is 79.8 Å². The van der Waals surface area contributed by atoms with Crippen molar-refractivity contribution in [2.24, 2.45) is 0 Å². The number of nitriles is 1. The number of carboxylic acid groups (broad SMARTS) is 1. The Morgan fingerprint density at radius 2 is 2.02 bits per heavy atom. The number of carboxylic acids is 1. The number of aromatic nitrogens is 3. The van der Waals surface area contributed by atoms with E-state index >= 15 is 0 Å². The summed E-state index contributed by atoms with van der Waals surface area (Å²) in [4.78, 5) is 36.4. The van der Waals surface area contributed by atoms with E-state index in [4.69, 9.17) is 16.3 Å². The zero-order valence-corrected chi connectivity index (χ0v) is 23.8. The molecule has 0 aliphatic carbocycles. The fourth-order valence-corrected chi connectivity index (χ4v) is 6.36. The van der Waals surface area contributed by atoms with Crippen LogP contribution in [-0.4, -0.2) is 45.3 Å². The lowest BCUT2D eigenvalue weighted by atomic mass is 10.0. The molecule has 206 valence electrons. The number of thiophene rings is 1. The molecule has 0 saturated carbocycles. The van der Waals surface area contributed by atoms with Crippen molar-refractivity contribution in [1.82, 2.24) is 14.5 Å². The van der Waals surface area contributed by atoms with Gasteiger partial charge >= 0.3 is 5.97 Å². The second-order valence-corrected chi connectivity index (χ2v) is 11.2. The first-order valence-electron chi connectivity index (χ1n) is 13.0. The number of carbonyl (C=O) groups is 1. The number of aromatic carboxylic acids is 1. The van der Waals surface area contributed by atoms with E-state index in [0.29, 0.717) is 49.7 Å². The highest BCUT2D eigenvalue weighted by molar-refractivity contribution is 7.18. The first kappa shape index (κ1) is 26.7. The van der Waals surface area contributed by atoms with Crippen molar-refractivity contribution in [3.63, 3.8) is 0 Å². The van der Waals surface area contributed by atoms with Gasteiger partial charge in [0.05, 0.1) is 27.7 Å². The molecule has 1 aliphatic heterocycles. The topological polar surface area (TPSA) is 121 Å². The van der Waals surface area contributed by atoms with Crippen LogP contribution in [0.15, 0.2) is 46.7 Å². The van der Waals surface area contributed by atoms with Crippen LogP contribution >= 0.6 is 22.9 Å². The molecule has 0 atom stereocenters. The van der Waals surface area contributed by atoms with Crippen molar-refractivity contribution in [3.8, 4) is 22.9 Å². The highest BCUT2D eigenvalue weighted by Crippen LogP contribution is 2.40. The molecule has 41 heavy (non-hydrogen) atoms. The SMILES string of the molecule is Cc1cc(-c2cc(Cl)ccc2OCCn2c(C)cc3cnc(N4CCC4)c(C#N)c3c2=O)c2scc(C(=O)O)c2n1. The van der Waals surface area contributed by atoms with Gasteiger partial charge in [-0.2, -0.15) is 5.26 Å². The molecule has 1 fully saturated rings. The molecule has 0 bridgehead atoms. The van der Waals surface area contributed by atoms with Gasteiger partial charge in [0, 0.05) is 57.6 Å². The van der Waals surface area contributed by atoms with E-state index in [0.717, 1.165) is 35.5 Å². The molecule has 0 spiro atoms. The van der Waals surface area contributed by atoms with Gasteiger partial charge < -0.3 is 19.3 Å². The fraction of sp³-hybridized carbons (Fsp3) is 0.233. The van der Waals surface area contributed by atoms with Crippen molar-refractivity contribution >= 4 is 55.7 Å². The van der Waals surface area contributed by atoms with Crippen LogP contribution in [0, 0.1) is 25.2 Å². The van der Waals surface area contributed by atoms with Crippen LogP contribution < -0.4 is 15.2 Å². The Kier molecular flexibility index (Phi) is 6.85. The molecule has 11 heteroatoms. The van der Waals surface area contributed by atoms with Gasteiger partial charge in [0.1, 0.15) is 29.8 Å². The second kappa shape index (κ2) is 10.5. The van der Waals surface area contributed by atoms with Gasteiger partial charge in [0.2, 0.25) is 0 Å². The number of nitrogens with zero attached hydrogens (tertiary/aromatic N) is 5. The Labute approximate surface area is 243 Å². The summed E-state index contributed by atoms with van der Waals surface area (Å²) in [7, 11) is 0. The van der Waals surface area contributed by atoms with E-state index in [1.165, 1.54) is 11.3 Å². The molecule has 0 radical (unpaired) electrons. The average Bonchev–Trinajstić information content (AvgIpc) is 3.34. The second-order valence-electron chi connectivity index (χ2n) is 9.91. The molecule has 1 aromatic carbocycles. The van der Waals surface area contributed by atoms with Crippen LogP contribution in [0.25, 0.3) is 32.1 Å².